The fraction of sp³-hybridized carbons (Fsp3) is 0.615. The van der Waals surface area contributed by atoms with Crippen LogP contribution in [-0.4, -0.2) is 42.1 Å². The van der Waals surface area contributed by atoms with E-state index in [4.69, 9.17) is 11.6 Å². The van der Waals surface area contributed by atoms with Crippen molar-refractivity contribution < 1.29 is 8.78 Å². The Morgan fingerprint density at radius 1 is 1.47 bits per heavy atom. The highest BCUT2D eigenvalue weighted by molar-refractivity contribution is 6.30. The molecule has 0 aromatic carbocycles. The van der Waals surface area contributed by atoms with E-state index in [0.29, 0.717) is 12.4 Å². The summed E-state index contributed by atoms with van der Waals surface area (Å²) < 4.78 is 28.5. The Morgan fingerprint density at radius 2 is 2.26 bits per heavy atom. The number of halogens is 3. The first-order chi connectivity index (χ1) is 9.01. The van der Waals surface area contributed by atoms with Crippen LogP contribution < -0.4 is 4.90 Å². The van der Waals surface area contributed by atoms with Gasteiger partial charge in [0.05, 0.1) is 10.6 Å². The van der Waals surface area contributed by atoms with Gasteiger partial charge in [0.15, 0.2) is 0 Å². The van der Waals surface area contributed by atoms with Crippen molar-refractivity contribution in [1.29, 1.82) is 0 Å². The third-order valence-electron chi connectivity index (χ3n) is 4.01. The van der Waals surface area contributed by atoms with Crippen molar-refractivity contribution in [2.24, 2.45) is 0 Å². The number of nitrogens with zero attached hydrogens (tertiary/aromatic N) is 3. The molecule has 1 saturated heterocycles. The molecule has 0 saturated carbocycles. The van der Waals surface area contributed by atoms with E-state index in [0.717, 1.165) is 19.6 Å². The summed E-state index contributed by atoms with van der Waals surface area (Å²) in [6.45, 7) is 5.27. The molecule has 1 unspecified atom stereocenters. The molecule has 0 N–H and O–H groups in total. The smallest absolute Gasteiger partial charge is 0.278 e. The fourth-order valence-corrected chi connectivity index (χ4v) is 3.15. The maximum absolute atomic E-state index is 14.2. The Labute approximate surface area is 116 Å². The van der Waals surface area contributed by atoms with E-state index in [9.17, 15) is 8.78 Å². The summed E-state index contributed by atoms with van der Waals surface area (Å²) in [7, 11) is 0. The Kier molecular flexibility index (Phi) is 3.14. The maximum Gasteiger partial charge on any atom is 0.278 e. The largest absolute Gasteiger partial charge is 0.350 e. The number of piperazine rings is 1. The second kappa shape index (κ2) is 4.56. The molecule has 0 aliphatic carbocycles. The highest BCUT2D eigenvalue weighted by atomic mass is 35.5. The van der Waals surface area contributed by atoms with Crippen molar-refractivity contribution in [3.63, 3.8) is 0 Å². The maximum atomic E-state index is 14.2. The predicted molar refractivity (Wildman–Crippen MR) is 71.0 cm³/mol. The van der Waals surface area contributed by atoms with Gasteiger partial charge in [0.2, 0.25) is 0 Å². The molecule has 1 atom stereocenters. The van der Waals surface area contributed by atoms with E-state index in [-0.39, 0.29) is 23.0 Å². The number of pyridine rings is 1. The van der Waals surface area contributed by atoms with Gasteiger partial charge in [0, 0.05) is 38.3 Å². The summed E-state index contributed by atoms with van der Waals surface area (Å²) >= 11 is 5.80. The minimum Gasteiger partial charge on any atom is -0.350 e. The number of rotatable bonds is 1. The zero-order valence-electron chi connectivity index (χ0n) is 10.7. The molecule has 3 heterocycles. The van der Waals surface area contributed by atoms with E-state index < -0.39 is 5.92 Å². The average Bonchev–Trinajstić information content (AvgIpc) is 2.38. The normalized spacial score (nSPS) is 25.9. The van der Waals surface area contributed by atoms with Crippen LogP contribution in [0.3, 0.4) is 0 Å². The monoisotopic (exact) mass is 287 g/mol. The van der Waals surface area contributed by atoms with Gasteiger partial charge in [-0.3, -0.25) is 4.90 Å². The number of likely N-dealkylation sites (N-methyl/N-ethyl adjacent to an activating group) is 1. The molecule has 19 heavy (non-hydrogen) atoms. The first-order valence-electron chi connectivity index (χ1n) is 6.54. The summed E-state index contributed by atoms with van der Waals surface area (Å²) in [6.07, 6.45) is 1.30. The molecular weight excluding hydrogens is 272 g/mol. The van der Waals surface area contributed by atoms with Gasteiger partial charge in [-0.05, 0) is 12.6 Å². The van der Waals surface area contributed by atoms with E-state index in [1.807, 2.05) is 4.90 Å². The molecule has 104 valence electrons. The van der Waals surface area contributed by atoms with E-state index in [2.05, 4.69) is 16.8 Å². The molecule has 0 amide bonds. The van der Waals surface area contributed by atoms with Crippen molar-refractivity contribution in [1.82, 2.24) is 9.88 Å². The molecule has 6 heteroatoms. The van der Waals surface area contributed by atoms with E-state index in [1.165, 1.54) is 12.3 Å². The lowest BCUT2D eigenvalue weighted by Gasteiger charge is -2.47. The molecule has 0 radical (unpaired) electrons. The standard InChI is InChI=1S/C13H16ClF2N3/c1-2-18-3-4-19-10(8-18)6-13(15,16)11-5-9(14)7-17-12(11)19/h5,7,10H,2-4,6,8H2,1H3. The first kappa shape index (κ1) is 13.1. The number of alkyl halides is 2. The quantitative estimate of drug-likeness (QED) is 0.792. The summed E-state index contributed by atoms with van der Waals surface area (Å²) in [5, 5.41) is 0.268. The minimum atomic E-state index is -2.84. The highest BCUT2D eigenvalue weighted by Crippen LogP contribution is 2.45. The van der Waals surface area contributed by atoms with Crippen molar-refractivity contribution in [2.75, 3.05) is 31.1 Å². The zero-order chi connectivity index (χ0) is 13.6. The molecule has 0 bridgehead atoms. The van der Waals surface area contributed by atoms with Gasteiger partial charge in [-0.15, -0.1) is 0 Å². The van der Waals surface area contributed by atoms with Crippen LogP contribution in [0.1, 0.15) is 18.9 Å². The Balaban J connectivity index is 2.00. The van der Waals surface area contributed by atoms with Crippen LogP contribution in [0.4, 0.5) is 14.6 Å². The molecule has 2 aliphatic heterocycles. The highest BCUT2D eigenvalue weighted by Gasteiger charge is 2.47. The third-order valence-corrected chi connectivity index (χ3v) is 4.21. The van der Waals surface area contributed by atoms with Crippen LogP contribution in [0.2, 0.25) is 5.02 Å². The SMILES string of the molecule is CCN1CCN2c3ncc(Cl)cc3C(F)(F)CC2C1. The first-order valence-corrected chi connectivity index (χ1v) is 6.92. The van der Waals surface area contributed by atoms with Crippen molar-refractivity contribution in [2.45, 2.75) is 25.3 Å². The van der Waals surface area contributed by atoms with E-state index in [1.54, 1.807) is 0 Å². The van der Waals surface area contributed by atoms with Gasteiger partial charge in [0.25, 0.3) is 5.92 Å². The van der Waals surface area contributed by atoms with Gasteiger partial charge in [-0.2, -0.15) is 0 Å². The Morgan fingerprint density at radius 3 is 3.00 bits per heavy atom. The number of hydrogen-bond acceptors (Lipinski definition) is 3. The zero-order valence-corrected chi connectivity index (χ0v) is 11.5. The van der Waals surface area contributed by atoms with E-state index >= 15 is 0 Å². The van der Waals surface area contributed by atoms with Gasteiger partial charge >= 0.3 is 0 Å². The molecule has 0 spiro atoms. The number of anilines is 1. The second-order valence-corrected chi connectivity index (χ2v) is 5.61. The lowest BCUT2D eigenvalue weighted by atomic mass is 9.93. The van der Waals surface area contributed by atoms with Gasteiger partial charge < -0.3 is 4.90 Å². The number of fused-ring (bicyclic) bond motifs is 3. The molecule has 1 fully saturated rings. The molecule has 2 aliphatic rings. The summed E-state index contributed by atoms with van der Waals surface area (Å²) in [5.74, 6) is -2.44. The number of hydrogen-bond donors (Lipinski definition) is 0. The fourth-order valence-electron chi connectivity index (χ4n) is 3.00. The average molecular weight is 288 g/mol. The minimum absolute atomic E-state index is 0.0267. The van der Waals surface area contributed by atoms with Crippen molar-refractivity contribution in [3.8, 4) is 0 Å². The van der Waals surface area contributed by atoms with Crippen LogP contribution in [0.5, 0.6) is 0 Å². The van der Waals surface area contributed by atoms with Crippen molar-refractivity contribution >= 4 is 17.4 Å². The Bertz CT molecular complexity index is 495. The summed E-state index contributed by atoms with van der Waals surface area (Å²) in [6, 6.07) is 1.19. The molecule has 3 nitrogen and oxygen atoms in total. The van der Waals surface area contributed by atoms with Crippen LogP contribution in [0.15, 0.2) is 12.3 Å². The lowest BCUT2D eigenvalue weighted by Crippen LogP contribution is -2.57. The van der Waals surface area contributed by atoms with Crippen LogP contribution in [0, 0.1) is 0 Å². The topological polar surface area (TPSA) is 19.4 Å². The predicted octanol–water partition coefficient (Wildman–Crippen LogP) is 2.74. The molecule has 1 aromatic heterocycles. The molecule has 1 aromatic rings. The second-order valence-electron chi connectivity index (χ2n) is 5.17. The Hall–Kier alpha value is -0.940. The van der Waals surface area contributed by atoms with Crippen LogP contribution >= 0.6 is 11.6 Å². The lowest BCUT2D eigenvalue weighted by molar-refractivity contribution is -0.0321. The van der Waals surface area contributed by atoms with Gasteiger partial charge in [-0.1, -0.05) is 18.5 Å². The van der Waals surface area contributed by atoms with Crippen molar-refractivity contribution in [3.05, 3.63) is 22.8 Å². The third kappa shape index (κ3) is 2.19. The van der Waals surface area contributed by atoms with Crippen LogP contribution in [0.25, 0.3) is 0 Å². The van der Waals surface area contributed by atoms with Crippen LogP contribution in [-0.2, 0) is 5.92 Å². The summed E-state index contributed by atoms with van der Waals surface area (Å²) in [5.41, 5.74) is -0.0267. The number of aromatic nitrogens is 1. The van der Waals surface area contributed by atoms with Gasteiger partial charge in [-0.25, -0.2) is 13.8 Å². The molecular formula is C13H16ClF2N3. The summed E-state index contributed by atoms with van der Waals surface area (Å²) in [4.78, 5) is 8.36. The van der Waals surface area contributed by atoms with Gasteiger partial charge in [0.1, 0.15) is 5.82 Å². The molecule has 3 rings (SSSR count).